The molecule has 0 saturated carbocycles. The molecule has 1 fully saturated rings. The summed E-state index contributed by atoms with van der Waals surface area (Å²) in [6, 6.07) is 4.68. The van der Waals surface area contributed by atoms with Crippen LogP contribution in [0.2, 0.25) is 0 Å². The quantitative estimate of drug-likeness (QED) is 0.539. The fourth-order valence-electron chi connectivity index (χ4n) is 5.45. The van der Waals surface area contributed by atoms with Gasteiger partial charge in [-0.15, -0.1) is 0 Å². The lowest BCUT2D eigenvalue weighted by Gasteiger charge is -2.32. The van der Waals surface area contributed by atoms with Crippen molar-refractivity contribution in [1.29, 1.82) is 0 Å². The van der Waals surface area contributed by atoms with Crippen molar-refractivity contribution in [2.45, 2.75) is 72.8 Å². The topological polar surface area (TPSA) is 47.1 Å². The van der Waals surface area contributed by atoms with Crippen LogP contribution in [0.3, 0.4) is 0 Å². The summed E-state index contributed by atoms with van der Waals surface area (Å²) in [5, 5.41) is 0. The predicted molar refractivity (Wildman–Crippen MR) is 144 cm³/mol. The maximum absolute atomic E-state index is 14.4. The fourth-order valence-corrected chi connectivity index (χ4v) is 5.45. The first-order valence-corrected chi connectivity index (χ1v) is 14.0. The van der Waals surface area contributed by atoms with E-state index in [1.807, 2.05) is 23.6 Å². The number of fused-ring (bicyclic) bond motifs is 1. The van der Waals surface area contributed by atoms with Gasteiger partial charge in [-0.3, -0.25) is 9.59 Å². The van der Waals surface area contributed by atoms with E-state index in [9.17, 15) is 14.0 Å². The van der Waals surface area contributed by atoms with Gasteiger partial charge < -0.3 is 19.6 Å². The Hall–Kier alpha value is -1.99. The van der Waals surface area contributed by atoms with Crippen molar-refractivity contribution in [3.63, 3.8) is 0 Å². The lowest BCUT2D eigenvalue weighted by molar-refractivity contribution is -0.132. The van der Waals surface area contributed by atoms with Crippen molar-refractivity contribution < 1.29 is 14.0 Å². The van der Waals surface area contributed by atoms with Crippen molar-refractivity contribution in [2.24, 2.45) is 11.8 Å². The summed E-state index contributed by atoms with van der Waals surface area (Å²) in [4.78, 5) is 35.3. The number of anilines is 1. The largest absolute Gasteiger partial charge is 0.338 e. The summed E-state index contributed by atoms with van der Waals surface area (Å²) in [5.41, 5.74) is 1.47. The van der Waals surface area contributed by atoms with Crippen molar-refractivity contribution in [2.75, 3.05) is 57.3 Å². The minimum absolute atomic E-state index is 0.0669. The summed E-state index contributed by atoms with van der Waals surface area (Å²) in [6.07, 6.45) is 5.10. The van der Waals surface area contributed by atoms with E-state index in [2.05, 4.69) is 23.6 Å². The Morgan fingerprint density at radius 3 is 2.17 bits per heavy atom. The molecule has 0 spiro atoms. The number of carbonyl (C=O) groups excluding carboxylic acids is 2. The molecule has 1 aromatic rings. The molecule has 36 heavy (non-hydrogen) atoms. The number of halogens is 1. The van der Waals surface area contributed by atoms with E-state index < -0.39 is 0 Å². The van der Waals surface area contributed by atoms with Crippen LogP contribution in [0.15, 0.2) is 18.2 Å². The molecule has 202 valence electrons. The Labute approximate surface area is 217 Å². The Balaban J connectivity index is 1.87. The highest BCUT2D eigenvalue weighted by molar-refractivity contribution is 5.94. The molecule has 0 aliphatic carbocycles. The van der Waals surface area contributed by atoms with Crippen LogP contribution in [0, 0.1) is 17.7 Å². The molecule has 1 saturated heterocycles. The monoisotopic (exact) mass is 502 g/mol. The van der Waals surface area contributed by atoms with Crippen LogP contribution in [-0.4, -0.2) is 78.9 Å². The van der Waals surface area contributed by atoms with Gasteiger partial charge in [-0.1, -0.05) is 27.7 Å². The van der Waals surface area contributed by atoms with E-state index in [0.717, 1.165) is 63.4 Å². The van der Waals surface area contributed by atoms with Crippen LogP contribution >= 0.6 is 0 Å². The molecule has 1 aromatic carbocycles. The van der Waals surface area contributed by atoms with E-state index in [1.165, 1.54) is 25.0 Å². The van der Waals surface area contributed by atoms with Crippen molar-refractivity contribution >= 4 is 17.5 Å². The molecule has 0 aromatic heterocycles. The highest BCUT2D eigenvalue weighted by Gasteiger charge is 2.24. The number of hydrogen-bond acceptors (Lipinski definition) is 4. The normalized spacial score (nSPS) is 18.9. The number of benzene rings is 1. The average molecular weight is 503 g/mol. The summed E-state index contributed by atoms with van der Waals surface area (Å²) in [7, 11) is 0. The molecule has 2 amide bonds. The summed E-state index contributed by atoms with van der Waals surface area (Å²) >= 11 is 0. The zero-order valence-corrected chi connectivity index (χ0v) is 23.0. The van der Waals surface area contributed by atoms with Crippen LogP contribution in [-0.2, 0) is 16.1 Å². The van der Waals surface area contributed by atoms with E-state index in [4.69, 9.17) is 0 Å². The number of hydrogen-bond donors (Lipinski definition) is 0. The van der Waals surface area contributed by atoms with Crippen LogP contribution in [0.1, 0.15) is 71.8 Å². The minimum Gasteiger partial charge on any atom is -0.338 e. The summed E-state index contributed by atoms with van der Waals surface area (Å²) in [5.74, 6) is 0.647. The van der Waals surface area contributed by atoms with Crippen LogP contribution in [0.5, 0.6) is 0 Å². The highest BCUT2D eigenvalue weighted by Crippen LogP contribution is 2.26. The van der Waals surface area contributed by atoms with Crippen LogP contribution in [0.4, 0.5) is 10.1 Å². The van der Waals surface area contributed by atoms with E-state index >= 15 is 0 Å². The van der Waals surface area contributed by atoms with Crippen LogP contribution in [0.25, 0.3) is 0 Å². The van der Waals surface area contributed by atoms with Gasteiger partial charge in [-0.2, -0.15) is 0 Å². The minimum atomic E-state index is -0.329. The standard InChI is InChI=1S/C29H47FN4O2/c1-23(2)19-29(36)34-17-8-15-32(21-24(3)4)14-7-16-33(22-25-20-26(30)9-10-27(25)34)28(35)11-18-31-12-5-6-13-31/h9-10,20,23-24H,5-8,11-19,21-22H2,1-4H3. The first-order chi connectivity index (χ1) is 17.2. The maximum atomic E-state index is 14.4. The van der Waals surface area contributed by atoms with E-state index in [1.54, 1.807) is 6.07 Å². The lowest BCUT2D eigenvalue weighted by atomic mass is 10.1. The Morgan fingerprint density at radius 2 is 1.50 bits per heavy atom. The Bertz CT molecular complexity index is 854. The van der Waals surface area contributed by atoms with Gasteiger partial charge in [-0.05, 0) is 87.5 Å². The molecule has 0 N–H and O–H groups in total. The maximum Gasteiger partial charge on any atom is 0.227 e. The van der Waals surface area contributed by atoms with Gasteiger partial charge in [0, 0.05) is 51.3 Å². The van der Waals surface area contributed by atoms with Crippen LogP contribution < -0.4 is 4.90 Å². The molecule has 7 heteroatoms. The first kappa shape index (κ1) is 28.6. The van der Waals surface area contributed by atoms with E-state index in [0.29, 0.717) is 38.4 Å². The summed E-state index contributed by atoms with van der Waals surface area (Å²) in [6.45, 7) is 15.9. The molecule has 3 rings (SSSR count). The zero-order valence-electron chi connectivity index (χ0n) is 23.0. The van der Waals surface area contributed by atoms with Gasteiger partial charge in [0.25, 0.3) is 0 Å². The zero-order chi connectivity index (χ0) is 26.1. The van der Waals surface area contributed by atoms with Gasteiger partial charge in [0.05, 0.1) is 0 Å². The SMILES string of the molecule is CC(C)CC(=O)N1CCCN(CC(C)C)CCCN(C(=O)CCN2CCCC2)Cc2cc(F)ccc21. The van der Waals surface area contributed by atoms with Crippen molar-refractivity contribution in [1.82, 2.24) is 14.7 Å². The number of rotatable bonds is 7. The van der Waals surface area contributed by atoms with Crippen molar-refractivity contribution in [3.8, 4) is 0 Å². The Morgan fingerprint density at radius 1 is 0.833 bits per heavy atom. The fraction of sp³-hybridized carbons (Fsp3) is 0.724. The molecular formula is C29H47FN4O2. The second-order valence-corrected chi connectivity index (χ2v) is 11.4. The number of amides is 2. The molecule has 2 heterocycles. The van der Waals surface area contributed by atoms with Gasteiger partial charge in [0.2, 0.25) is 11.8 Å². The second kappa shape index (κ2) is 14.1. The molecule has 6 nitrogen and oxygen atoms in total. The molecule has 0 unspecified atom stereocenters. The second-order valence-electron chi connectivity index (χ2n) is 11.4. The molecule has 2 aliphatic rings. The van der Waals surface area contributed by atoms with Gasteiger partial charge >= 0.3 is 0 Å². The highest BCUT2D eigenvalue weighted by atomic mass is 19.1. The number of nitrogens with zero attached hydrogens (tertiary/aromatic N) is 4. The van der Waals surface area contributed by atoms with E-state index in [-0.39, 0.29) is 23.5 Å². The summed E-state index contributed by atoms with van der Waals surface area (Å²) < 4.78 is 14.4. The third-order valence-electron chi connectivity index (χ3n) is 7.15. The number of likely N-dealkylation sites (tertiary alicyclic amines) is 1. The smallest absolute Gasteiger partial charge is 0.227 e. The molecule has 0 bridgehead atoms. The molecule has 0 atom stereocenters. The Kier molecular flexibility index (Phi) is 11.2. The van der Waals surface area contributed by atoms with Gasteiger partial charge in [0.1, 0.15) is 5.82 Å². The first-order valence-electron chi connectivity index (χ1n) is 14.0. The number of carbonyl (C=O) groups is 2. The molecular weight excluding hydrogens is 455 g/mol. The third kappa shape index (κ3) is 8.84. The van der Waals surface area contributed by atoms with Gasteiger partial charge in [-0.25, -0.2) is 4.39 Å². The molecule has 0 radical (unpaired) electrons. The van der Waals surface area contributed by atoms with Gasteiger partial charge in [0.15, 0.2) is 0 Å². The average Bonchev–Trinajstić information content (AvgIpc) is 3.32. The predicted octanol–water partition coefficient (Wildman–Crippen LogP) is 4.77. The third-order valence-corrected chi connectivity index (χ3v) is 7.15. The lowest BCUT2D eigenvalue weighted by Crippen LogP contribution is -2.40. The van der Waals surface area contributed by atoms with Crippen molar-refractivity contribution in [3.05, 3.63) is 29.6 Å². The molecule has 2 aliphatic heterocycles.